The summed E-state index contributed by atoms with van der Waals surface area (Å²) in [4.78, 5) is 23.3. The molecule has 2 heterocycles. The summed E-state index contributed by atoms with van der Waals surface area (Å²) in [7, 11) is 0. The number of hydrogen-bond donors (Lipinski definition) is 2. The summed E-state index contributed by atoms with van der Waals surface area (Å²) in [5.41, 5.74) is 2.74. The molecule has 1 aromatic heterocycles. The van der Waals surface area contributed by atoms with E-state index in [1.54, 1.807) is 23.9 Å². The maximum atomic E-state index is 13.5. The Morgan fingerprint density at radius 3 is 2.75 bits per heavy atom. The van der Waals surface area contributed by atoms with Crippen molar-refractivity contribution in [2.75, 3.05) is 4.90 Å². The summed E-state index contributed by atoms with van der Waals surface area (Å²) in [6, 6.07) is 15.1. The van der Waals surface area contributed by atoms with E-state index in [0.717, 1.165) is 48.2 Å². The molecule has 1 unspecified atom stereocenters. The molecule has 3 aromatic rings. The average molecular weight is 394 g/mol. The minimum absolute atomic E-state index is 0.123. The number of aromatic nitrogens is 2. The Hall–Kier alpha value is -2.47. The predicted molar refractivity (Wildman–Crippen MR) is 113 cm³/mol. The van der Waals surface area contributed by atoms with E-state index < -0.39 is 0 Å². The van der Waals surface area contributed by atoms with Crippen molar-refractivity contribution >= 4 is 34.4 Å². The van der Waals surface area contributed by atoms with Crippen molar-refractivity contribution < 1.29 is 9.90 Å². The Bertz CT molecular complexity index is 992. The Kier molecular flexibility index (Phi) is 4.31. The number of carbonyl (C=O) groups is 1. The molecular formula is C22H23N3O2S. The molecule has 1 spiro atoms. The lowest BCUT2D eigenvalue weighted by molar-refractivity contribution is -0.118. The fraction of sp³-hybridized carbons (Fsp3) is 0.364. The van der Waals surface area contributed by atoms with Crippen LogP contribution in [0.2, 0.25) is 0 Å². The van der Waals surface area contributed by atoms with Crippen LogP contribution in [0, 0.1) is 0 Å². The predicted octanol–water partition coefficient (Wildman–Crippen LogP) is 4.62. The number of H-pyrrole nitrogens is 1. The maximum absolute atomic E-state index is 13.5. The first kappa shape index (κ1) is 17.6. The second-order valence-corrected chi connectivity index (χ2v) is 9.28. The van der Waals surface area contributed by atoms with Crippen molar-refractivity contribution in [3.8, 4) is 5.75 Å². The summed E-state index contributed by atoms with van der Waals surface area (Å²) in [6.07, 6.45) is 6.07. The van der Waals surface area contributed by atoms with Crippen molar-refractivity contribution in [3.05, 3.63) is 54.4 Å². The molecule has 1 aliphatic carbocycles. The third-order valence-corrected chi connectivity index (χ3v) is 7.49. The SMILES string of the molecule is O=C1C(Cc2nc3ccccc3[nH]2)SC2(CCCCC2)N1c1cccc(O)c1. The number of aromatic hydroxyl groups is 1. The highest BCUT2D eigenvalue weighted by Gasteiger charge is 2.52. The van der Waals surface area contributed by atoms with E-state index in [9.17, 15) is 9.90 Å². The second-order valence-electron chi connectivity index (χ2n) is 7.71. The Labute approximate surface area is 168 Å². The van der Waals surface area contributed by atoms with Gasteiger partial charge in [-0.15, -0.1) is 11.8 Å². The number of carbonyl (C=O) groups excluding carboxylic acids is 1. The van der Waals surface area contributed by atoms with Crippen LogP contribution >= 0.6 is 11.8 Å². The quantitative estimate of drug-likeness (QED) is 0.681. The maximum Gasteiger partial charge on any atom is 0.241 e. The number of imidazole rings is 1. The number of anilines is 1. The highest BCUT2D eigenvalue weighted by atomic mass is 32.2. The van der Waals surface area contributed by atoms with E-state index in [1.165, 1.54) is 6.42 Å². The zero-order valence-corrected chi connectivity index (χ0v) is 16.4. The number of aromatic amines is 1. The zero-order valence-electron chi connectivity index (χ0n) is 15.6. The van der Waals surface area contributed by atoms with Gasteiger partial charge in [0.15, 0.2) is 0 Å². The van der Waals surface area contributed by atoms with Crippen LogP contribution in [0.25, 0.3) is 11.0 Å². The van der Waals surface area contributed by atoms with Crippen molar-refractivity contribution in [1.82, 2.24) is 9.97 Å². The molecule has 1 aliphatic heterocycles. The van der Waals surface area contributed by atoms with Crippen LogP contribution in [0.5, 0.6) is 5.75 Å². The van der Waals surface area contributed by atoms with E-state index >= 15 is 0 Å². The van der Waals surface area contributed by atoms with Crippen LogP contribution in [0.4, 0.5) is 5.69 Å². The molecule has 5 rings (SSSR count). The number of phenolic OH excluding ortho intramolecular Hbond substituents is 1. The third-order valence-electron chi connectivity index (χ3n) is 5.80. The number of amides is 1. The van der Waals surface area contributed by atoms with Gasteiger partial charge in [-0.05, 0) is 37.1 Å². The van der Waals surface area contributed by atoms with Gasteiger partial charge in [0.2, 0.25) is 5.91 Å². The summed E-state index contributed by atoms with van der Waals surface area (Å²) in [5, 5.41) is 9.80. The monoisotopic (exact) mass is 393 g/mol. The third kappa shape index (κ3) is 2.96. The first-order chi connectivity index (χ1) is 13.6. The van der Waals surface area contributed by atoms with E-state index in [0.29, 0.717) is 6.42 Å². The van der Waals surface area contributed by atoms with Crippen LogP contribution in [-0.2, 0) is 11.2 Å². The Morgan fingerprint density at radius 1 is 1.14 bits per heavy atom. The average Bonchev–Trinajstić information content (AvgIpc) is 3.21. The number of nitrogens with zero attached hydrogens (tertiary/aromatic N) is 2. The molecule has 2 N–H and O–H groups in total. The Morgan fingerprint density at radius 2 is 1.96 bits per heavy atom. The number of fused-ring (bicyclic) bond motifs is 1. The Balaban J connectivity index is 1.49. The molecule has 1 saturated carbocycles. The molecule has 28 heavy (non-hydrogen) atoms. The first-order valence-corrected chi connectivity index (χ1v) is 10.8. The summed E-state index contributed by atoms with van der Waals surface area (Å²) in [5.74, 6) is 1.18. The summed E-state index contributed by atoms with van der Waals surface area (Å²) >= 11 is 1.79. The fourth-order valence-electron chi connectivity index (χ4n) is 4.56. The smallest absolute Gasteiger partial charge is 0.241 e. The molecule has 2 aromatic carbocycles. The number of thioether (sulfide) groups is 1. The van der Waals surface area contributed by atoms with Crippen molar-refractivity contribution in [3.63, 3.8) is 0 Å². The standard InChI is InChI=1S/C22H23N3O2S/c26-16-8-6-7-15(13-16)25-21(27)19(28-22(25)11-4-1-5-12-22)14-20-23-17-9-2-3-10-18(17)24-20/h2-3,6-10,13,19,26H,1,4-5,11-12,14H2,(H,23,24). The van der Waals surface area contributed by atoms with Gasteiger partial charge >= 0.3 is 0 Å². The fourth-order valence-corrected chi connectivity index (χ4v) is 6.36. The zero-order chi connectivity index (χ0) is 19.1. The lowest BCUT2D eigenvalue weighted by atomic mass is 9.92. The normalized spacial score (nSPS) is 21.6. The number of benzene rings is 2. The number of hydrogen-bond acceptors (Lipinski definition) is 4. The lowest BCUT2D eigenvalue weighted by Gasteiger charge is -2.40. The van der Waals surface area contributed by atoms with Crippen LogP contribution in [0.1, 0.15) is 37.9 Å². The van der Waals surface area contributed by atoms with Crippen molar-refractivity contribution in [2.24, 2.45) is 0 Å². The molecule has 0 bridgehead atoms. The number of phenols is 1. The minimum Gasteiger partial charge on any atom is -0.508 e. The van der Waals surface area contributed by atoms with Gasteiger partial charge in [-0.2, -0.15) is 0 Å². The topological polar surface area (TPSA) is 69.2 Å². The highest BCUT2D eigenvalue weighted by Crippen LogP contribution is 2.52. The highest BCUT2D eigenvalue weighted by molar-refractivity contribution is 8.02. The molecule has 1 atom stereocenters. The molecule has 1 saturated heterocycles. The van der Waals surface area contributed by atoms with Gasteiger partial charge in [0.1, 0.15) is 11.6 Å². The van der Waals surface area contributed by atoms with Gasteiger partial charge in [0.25, 0.3) is 0 Å². The van der Waals surface area contributed by atoms with Gasteiger partial charge in [-0.1, -0.05) is 37.5 Å². The van der Waals surface area contributed by atoms with Gasteiger partial charge in [0.05, 0.1) is 21.2 Å². The second kappa shape index (κ2) is 6.85. The molecule has 2 fully saturated rings. The molecule has 1 amide bonds. The lowest BCUT2D eigenvalue weighted by Crippen LogP contribution is -2.46. The van der Waals surface area contributed by atoms with Gasteiger partial charge in [0, 0.05) is 18.2 Å². The number of para-hydroxylation sites is 2. The molecular weight excluding hydrogens is 370 g/mol. The van der Waals surface area contributed by atoms with Crippen LogP contribution in [-0.4, -0.2) is 31.1 Å². The van der Waals surface area contributed by atoms with Gasteiger partial charge in [-0.3, -0.25) is 9.69 Å². The van der Waals surface area contributed by atoms with Crippen LogP contribution in [0.3, 0.4) is 0 Å². The number of nitrogens with one attached hydrogen (secondary N) is 1. The van der Waals surface area contributed by atoms with E-state index in [-0.39, 0.29) is 21.8 Å². The first-order valence-electron chi connectivity index (χ1n) is 9.89. The van der Waals surface area contributed by atoms with E-state index in [1.807, 2.05) is 41.3 Å². The van der Waals surface area contributed by atoms with Crippen LogP contribution < -0.4 is 4.90 Å². The minimum atomic E-state index is -0.209. The molecule has 5 nitrogen and oxygen atoms in total. The van der Waals surface area contributed by atoms with Gasteiger partial charge in [-0.25, -0.2) is 4.98 Å². The summed E-state index contributed by atoms with van der Waals surface area (Å²) in [6.45, 7) is 0. The molecule has 144 valence electrons. The van der Waals surface area contributed by atoms with E-state index in [2.05, 4.69) is 9.97 Å². The molecule has 6 heteroatoms. The summed E-state index contributed by atoms with van der Waals surface area (Å²) < 4.78 is 0. The molecule has 0 radical (unpaired) electrons. The largest absolute Gasteiger partial charge is 0.508 e. The van der Waals surface area contributed by atoms with Crippen molar-refractivity contribution in [2.45, 2.75) is 48.6 Å². The van der Waals surface area contributed by atoms with E-state index in [4.69, 9.17) is 0 Å². The molecule has 2 aliphatic rings. The van der Waals surface area contributed by atoms with Crippen molar-refractivity contribution in [1.29, 1.82) is 0 Å². The number of rotatable bonds is 3. The van der Waals surface area contributed by atoms with Gasteiger partial charge < -0.3 is 10.1 Å². The van der Waals surface area contributed by atoms with Crippen LogP contribution in [0.15, 0.2) is 48.5 Å².